The van der Waals surface area contributed by atoms with Gasteiger partial charge in [0.25, 0.3) is 0 Å². The lowest BCUT2D eigenvalue weighted by Gasteiger charge is -2.32. The Morgan fingerprint density at radius 2 is 2.08 bits per heavy atom. The molecule has 0 aliphatic carbocycles. The van der Waals surface area contributed by atoms with E-state index in [0.717, 1.165) is 21.7 Å². The number of anilines is 1. The second-order valence-corrected chi connectivity index (χ2v) is 7.16. The number of hydrogen-bond acceptors (Lipinski definition) is 7. The van der Waals surface area contributed by atoms with Crippen LogP contribution in [0.5, 0.6) is 0 Å². The maximum atomic E-state index is 10.6. The van der Waals surface area contributed by atoms with Gasteiger partial charge in [0, 0.05) is 26.0 Å². The third-order valence-corrected chi connectivity index (χ3v) is 5.33. The summed E-state index contributed by atoms with van der Waals surface area (Å²) in [5.74, 6) is 1.41. The maximum Gasteiger partial charge on any atom is 0.181 e. The summed E-state index contributed by atoms with van der Waals surface area (Å²) in [4.78, 5) is 14.6. The number of fused-ring (bicyclic) bond motifs is 1. The van der Waals surface area contributed by atoms with Crippen molar-refractivity contribution in [1.29, 1.82) is 0 Å². The zero-order chi connectivity index (χ0) is 17.1. The molecule has 6 nitrogen and oxygen atoms in total. The van der Waals surface area contributed by atoms with Gasteiger partial charge in [-0.1, -0.05) is 6.07 Å². The van der Waals surface area contributed by atoms with Crippen LogP contribution in [-0.2, 0) is 4.74 Å². The fourth-order valence-electron chi connectivity index (χ4n) is 3.01. The van der Waals surface area contributed by atoms with E-state index in [0.29, 0.717) is 44.8 Å². The summed E-state index contributed by atoms with van der Waals surface area (Å²) in [6.07, 6.45) is 3.78. The highest BCUT2D eigenvalue weighted by Crippen LogP contribution is 2.29. The molecule has 25 heavy (non-hydrogen) atoms. The molecule has 0 spiro atoms. The van der Waals surface area contributed by atoms with Gasteiger partial charge in [-0.15, -0.1) is 11.3 Å². The second-order valence-electron chi connectivity index (χ2n) is 6.26. The van der Waals surface area contributed by atoms with Crippen LogP contribution in [0.2, 0.25) is 0 Å². The predicted octanol–water partition coefficient (Wildman–Crippen LogP) is 3.10. The van der Waals surface area contributed by atoms with Crippen molar-refractivity contribution in [3.63, 3.8) is 0 Å². The van der Waals surface area contributed by atoms with Crippen molar-refractivity contribution in [2.45, 2.75) is 24.9 Å². The van der Waals surface area contributed by atoms with E-state index in [-0.39, 0.29) is 0 Å². The van der Waals surface area contributed by atoms with Crippen LogP contribution in [0.25, 0.3) is 21.7 Å². The highest BCUT2D eigenvalue weighted by atomic mass is 32.1. The lowest BCUT2D eigenvalue weighted by molar-refractivity contribution is -0.0657. The third-order valence-electron chi connectivity index (χ3n) is 4.53. The smallest absolute Gasteiger partial charge is 0.181 e. The number of nitrogens with zero attached hydrogens (tertiary/aromatic N) is 3. The van der Waals surface area contributed by atoms with Gasteiger partial charge in [0.15, 0.2) is 5.82 Å². The van der Waals surface area contributed by atoms with Crippen LogP contribution in [0, 0.1) is 0 Å². The van der Waals surface area contributed by atoms with Crippen molar-refractivity contribution in [3.8, 4) is 11.5 Å². The highest BCUT2D eigenvalue weighted by Gasteiger charge is 2.29. The summed E-state index contributed by atoms with van der Waals surface area (Å²) in [5, 5.41) is 17.0. The van der Waals surface area contributed by atoms with Crippen molar-refractivity contribution in [1.82, 2.24) is 15.0 Å². The van der Waals surface area contributed by atoms with Gasteiger partial charge in [-0.05, 0) is 42.8 Å². The first kappa shape index (κ1) is 16.4. The van der Waals surface area contributed by atoms with E-state index in [2.05, 4.69) is 20.3 Å². The molecule has 0 atom stereocenters. The van der Waals surface area contributed by atoms with Crippen LogP contribution >= 0.6 is 11.3 Å². The van der Waals surface area contributed by atoms with Crippen molar-refractivity contribution in [3.05, 3.63) is 35.8 Å². The Balaban J connectivity index is 1.55. The number of aliphatic hydroxyl groups is 1. The Bertz CT molecular complexity index is 847. The van der Waals surface area contributed by atoms with Gasteiger partial charge in [-0.25, -0.2) is 9.97 Å². The number of aromatic nitrogens is 3. The molecule has 0 radical (unpaired) electrons. The summed E-state index contributed by atoms with van der Waals surface area (Å²) in [6, 6.07) is 7.73. The van der Waals surface area contributed by atoms with Gasteiger partial charge < -0.3 is 15.2 Å². The number of rotatable bonds is 5. The molecule has 0 unspecified atom stereocenters. The SMILES string of the molecule is OC1(CCNc2nc(-c3ccccn3)nc3sccc23)CCOCC1. The minimum Gasteiger partial charge on any atom is -0.390 e. The Labute approximate surface area is 149 Å². The molecule has 0 bridgehead atoms. The Morgan fingerprint density at radius 3 is 2.88 bits per heavy atom. The van der Waals surface area contributed by atoms with Crippen LogP contribution < -0.4 is 5.32 Å². The summed E-state index contributed by atoms with van der Waals surface area (Å²) in [7, 11) is 0. The lowest BCUT2D eigenvalue weighted by Crippen LogP contribution is -2.37. The van der Waals surface area contributed by atoms with Gasteiger partial charge in [-0.3, -0.25) is 4.98 Å². The Morgan fingerprint density at radius 1 is 1.20 bits per heavy atom. The van der Waals surface area contributed by atoms with Crippen LogP contribution in [0.4, 0.5) is 5.82 Å². The number of hydrogen-bond donors (Lipinski definition) is 2. The van der Waals surface area contributed by atoms with Crippen LogP contribution in [0.1, 0.15) is 19.3 Å². The Hall–Kier alpha value is -2.09. The topological polar surface area (TPSA) is 80.2 Å². The molecule has 4 heterocycles. The number of nitrogens with one attached hydrogen (secondary N) is 1. The number of pyridine rings is 1. The standard InChI is InChI=1S/C18H20N4O2S/c23-18(6-10-24-11-7-18)5-9-20-15-13-4-12-25-17(13)22-16(21-15)14-3-1-2-8-19-14/h1-4,8,12,23H,5-7,9-11H2,(H,20,21,22). The molecule has 3 aromatic rings. The fourth-order valence-corrected chi connectivity index (χ4v) is 3.78. The summed E-state index contributed by atoms with van der Waals surface area (Å²) in [5.41, 5.74) is 0.111. The molecule has 0 aromatic carbocycles. The van der Waals surface area contributed by atoms with E-state index in [1.807, 2.05) is 29.6 Å². The molecule has 1 fully saturated rings. The van der Waals surface area contributed by atoms with E-state index in [1.165, 1.54) is 0 Å². The number of ether oxygens (including phenoxy) is 1. The van der Waals surface area contributed by atoms with Crippen molar-refractivity contribution < 1.29 is 9.84 Å². The molecular weight excluding hydrogens is 336 g/mol. The van der Waals surface area contributed by atoms with Gasteiger partial charge in [-0.2, -0.15) is 0 Å². The van der Waals surface area contributed by atoms with Gasteiger partial charge in [0.2, 0.25) is 0 Å². The van der Waals surface area contributed by atoms with Crippen LogP contribution in [0.15, 0.2) is 35.8 Å². The third kappa shape index (κ3) is 3.63. The average molecular weight is 356 g/mol. The van der Waals surface area contributed by atoms with E-state index in [1.54, 1.807) is 17.5 Å². The Kier molecular flexibility index (Phi) is 4.61. The molecule has 7 heteroatoms. The van der Waals surface area contributed by atoms with Gasteiger partial charge in [0.1, 0.15) is 16.3 Å². The molecule has 3 aromatic heterocycles. The molecular formula is C18H20N4O2S. The largest absolute Gasteiger partial charge is 0.390 e. The second kappa shape index (κ2) is 7.03. The first-order chi connectivity index (χ1) is 12.2. The van der Waals surface area contributed by atoms with E-state index < -0.39 is 5.60 Å². The van der Waals surface area contributed by atoms with Crippen molar-refractivity contribution in [2.75, 3.05) is 25.1 Å². The summed E-state index contributed by atoms with van der Waals surface area (Å²) >= 11 is 1.59. The zero-order valence-corrected chi connectivity index (χ0v) is 14.6. The molecule has 1 aliphatic rings. The van der Waals surface area contributed by atoms with Crippen LogP contribution in [0.3, 0.4) is 0 Å². The first-order valence-corrected chi connectivity index (χ1v) is 9.32. The predicted molar refractivity (Wildman–Crippen MR) is 98.8 cm³/mol. The van der Waals surface area contributed by atoms with E-state index in [9.17, 15) is 5.11 Å². The highest BCUT2D eigenvalue weighted by molar-refractivity contribution is 7.16. The van der Waals surface area contributed by atoms with E-state index >= 15 is 0 Å². The monoisotopic (exact) mass is 356 g/mol. The van der Waals surface area contributed by atoms with Crippen LogP contribution in [-0.4, -0.2) is 45.4 Å². The van der Waals surface area contributed by atoms with E-state index in [4.69, 9.17) is 4.74 Å². The molecule has 0 amide bonds. The first-order valence-electron chi connectivity index (χ1n) is 8.44. The minimum atomic E-state index is -0.643. The molecule has 130 valence electrons. The quantitative estimate of drug-likeness (QED) is 0.731. The molecule has 4 rings (SSSR count). The molecule has 1 saturated heterocycles. The summed E-state index contributed by atoms with van der Waals surface area (Å²) < 4.78 is 5.33. The lowest BCUT2D eigenvalue weighted by atomic mass is 9.91. The maximum absolute atomic E-state index is 10.6. The normalized spacial score (nSPS) is 16.8. The fraction of sp³-hybridized carbons (Fsp3) is 0.389. The summed E-state index contributed by atoms with van der Waals surface area (Å²) in [6.45, 7) is 1.91. The van der Waals surface area contributed by atoms with Crippen molar-refractivity contribution in [2.24, 2.45) is 0 Å². The van der Waals surface area contributed by atoms with Gasteiger partial charge in [0.05, 0.1) is 11.0 Å². The molecule has 0 saturated carbocycles. The molecule has 1 aliphatic heterocycles. The van der Waals surface area contributed by atoms with Crippen molar-refractivity contribution >= 4 is 27.4 Å². The zero-order valence-electron chi connectivity index (χ0n) is 13.8. The minimum absolute atomic E-state index is 0.614. The molecule has 2 N–H and O–H groups in total. The number of thiophene rings is 1. The van der Waals surface area contributed by atoms with Gasteiger partial charge >= 0.3 is 0 Å². The average Bonchev–Trinajstić information content (AvgIpc) is 3.12.